The normalized spacial score (nSPS) is 13.9. The van der Waals surface area contributed by atoms with Crippen LogP contribution in [0.25, 0.3) is 10.2 Å². The summed E-state index contributed by atoms with van der Waals surface area (Å²) < 4.78 is 50.3. The molecule has 15 heteroatoms. The van der Waals surface area contributed by atoms with E-state index in [0.717, 1.165) is 10.3 Å². The third kappa shape index (κ3) is 7.16. The molecule has 1 aromatic heterocycles. The first-order valence-electron chi connectivity index (χ1n) is 14.7. The van der Waals surface area contributed by atoms with E-state index in [1.165, 1.54) is 77.4 Å². The zero-order valence-electron chi connectivity index (χ0n) is 26.6. The van der Waals surface area contributed by atoms with Gasteiger partial charge in [-0.1, -0.05) is 17.4 Å². The SMILES string of the molecule is CCOC(=O)N1CCN(S(=O)(=O)c2ccc(C(=O)N(/N=C/c3cc(OC)c(OC)c(OC)c3)c3nc4ccc(C)cc4s3)cc2)CC1. The molecule has 3 aromatic carbocycles. The van der Waals surface area contributed by atoms with Gasteiger partial charge in [0.05, 0.1) is 49.3 Å². The van der Waals surface area contributed by atoms with Crippen LogP contribution in [-0.2, 0) is 14.8 Å². The van der Waals surface area contributed by atoms with Crippen LogP contribution < -0.4 is 19.2 Å². The van der Waals surface area contributed by atoms with E-state index in [1.807, 2.05) is 25.1 Å². The second kappa shape index (κ2) is 14.4. The summed E-state index contributed by atoms with van der Waals surface area (Å²) >= 11 is 1.30. The molecule has 47 heavy (non-hydrogen) atoms. The largest absolute Gasteiger partial charge is 0.493 e. The predicted molar refractivity (Wildman–Crippen MR) is 179 cm³/mol. The Bertz CT molecular complexity index is 1880. The molecule has 4 aromatic rings. The summed E-state index contributed by atoms with van der Waals surface area (Å²) in [4.78, 5) is 32.2. The van der Waals surface area contributed by atoms with E-state index in [-0.39, 0.29) is 43.2 Å². The highest BCUT2D eigenvalue weighted by Crippen LogP contribution is 2.38. The molecule has 0 N–H and O–H groups in total. The Labute approximate surface area is 277 Å². The number of methoxy groups -OCH3 is 3. The zero-order chi connectivity index (χ0) is 33.7. The lowest BCUT2D eigenvalue weighted by Crippen LogP contribution is -2.50. The van der Waals surface area contributed by atoms with Crippen LogP contribution in [0.15, 0.2) is 64.6 Å². The maximum atomic E-state index is 14.0. The number of hydrogen-bond acceptors (Lipinski definition) is 11. The lowest BCUT2D eigenvalue weighted by molar-refractivity contribution is 0.0933. The van der Waals surface area contributed by atoms with E-state index in [1.54, 1.807) is 19.1 Å². The molecule has 0 spiro atoms. The second-order valence-electron chi connectivity index (χ2n) is 10.4. The van der Waals surface area contributed by atoms with Crippen LogP contribution in [0, 0.1) is 6.92 Å². The van der Waals surface area contributed by atoms with Crippen molar-refractivity contribution in [3.8, 4) is 17.2 Å². The first-order valence-corrected chi connectivity index (χ1v) is 16.9. The highest BCUT2D eigenvalue weighted by molar-refractivity contribution is 7.89. The number of hydrazone groups is 1. The molecule has 5 rings (SSSR count). The van der Waals surface area contributed by atoms with Crippen LogP contribution in [0.4, 0.5) is 9.93 Å². The van der Waals surface area contributed by atoms with Gasteiger partial charge in [0.15, 0.2) is 11.5 Å². The van der Waals surface area contributed by atoms with Crippen molar-refractivity contribution in [1.29, 1.82) is 0 Å². The van der Waals surface area contributed by atoms with E-state index >= 15 is 0 Å². The Morgan fingerprint density at radius 3 is 2.21 bits per heavy atom. The van der Waals surface area contributed by atoms with Crippen LogP contribution in [0.5, 0.6) is 17.2 Å². The molecule has 0 saturated carbocycles. The average Bonchev–Trinajstić information content (AvgIpc) is 3.50. The molecule has 248 valence electrons. The molecule has 0 unspecified atom stereocenters. The van der Waals surface area contributed by atoms with Crippen LogP contribution in [0.1, 0.15) is 28.4 Å². The summed E-state index contributed by atoms with van der Waals surface area (Å²) in [6.45, 7) is 4.62. The van der Waals surface area contributed by atoms with Gasteiger partial charge in [0.2, 0.25) is 20.9 Å². The lowest BCUT2D eigenvalue weighted by Gasteiger charge is -2.33. The number of sulfonamides is 1. The number of hydrogen-bond donors (Lipinski definition) is 0. The molecule has 1 saturated heterocycles. The van der Waals surface area contributed by atoms with E-state index in [9.17, 15) is 18.0 Å². The number of piperazine rings is 1. The van der Waals surface area contributed by atoms with Crippen LogP contribution in [0.2, 0.25) is 0 Å². The van der Waals surface area contributed by atoms with Crippen molar-refractivity contribution in [2.75, 3.05) is 59.1 Å². The quantitative estimate of drug-likeness (QED) is 0.171. The highest BCUT2D eigenvalue weighted by Gasteiger charge is 2.31. The second-order valence-corrected chi connectivity index (χ2v) is 13.3. The van der Waals surface area contributed by atoms with E-state index in [0.29, 0.717) is 33.5 Å². The number of anilines is 1. The minimum Gasteiger partial charge on any atom is -0.493 e. The number of benzene rings is 3. The van der Waals surface area contributed by atoms with Crippen molar-refractivity contribution in [2.24, 2.45) is 5.10 Å². The molecular formula is C32H35N5O8S2. The standard InChI is InChI=1S/C32H35N5O8S2/c1-6-45-32(39)35-13-15-36(16-14-35)47(40,41)24-10-8-23(9-11-24)30(38)37(31-34-25-12-7-21(2)17-28(25)46-31)33-20-22-18-26(42-3)29(44-5)27(19-22)43-4/h7-12,17-20H,6,13-16H2,1-5H3/b33-20+. The van der Waals surface area contributed by atoms with Crippen LogP contribution in [0.3, 0.4) is 0 Å². The molecule has 2 heterocycles. The fourth-order valence-electron chi connectivity index (χ4n) is 4.97. The fourth-order valence-corrected chi connectivity index (χ4v) is 7.41. The predicted octanol–water partition coefficient (Wildman–Crippen LogP) is 4.77. The van der Waals surface area contributed by atoms with Gasteiger partial charge in [-0.15, -0.1) is 0 Å². The number of nitrogens with zero attached hydrogens (tertiary/aromatic N) is 5. The Kier molecular flexibility index (Phi) is 10.3. The number of ether oxygens (including phenoxy) is 4. The van der Waals surface area contributed by atoms with Crippen molar-refractivity contribution in [1.82, 2.24) is 14.2 Å². The summed E-state index contributed by atoms with van der Waals surface area (Å²) in [5, 5.41) is 6.04. The van der Waals surface area contributed by atoms with Gasteiger partial charge in [-0.2, -0.15) is 14.4 Å². The van der Waals surface area contributed by atoms with E-state index in [4.69, 9.17) is 18.9 Å². The number of aryl methyl sites for hydroxylation is 1. The number of aromatic nitrogens is 1. The zero-order valence-corrected chi connectivity index (χ0v) is 28.3. The maximum absolute atomic E-state index is 14.0. The Morgan fingerprint density at radius 1 is 0.957 bits per heavy atom. The van der Waals surface area contributed by atoms with Gasteiger partial charge >= 0.3 is 6.09 Å². The smallest absolute Gasteiger partial charge is 0.409 e. The molecule has 2 amide bonds. The van der Waals surface area contributed by atoms with Gasteiger partial charge in [0.25, 0.3) is 5.91 Å². The summed E-state index contributed by atoms with van der Waals surface area (Å²) in [5.41, 5.74) is 2.53. The Hall–Kier alpha value is -4.73. The summed E-state index contributed by atoms with van der Waals surface area (Å²) in [6.07, 6.45) is 1.02. The summed E-state index contributed by atoms with van der Waals surface area (Å²) in [5.74, 6) is 0.732. The number of thiazole rings is 1. The molecule has 1 aliphatic heterocycles. The van der Waals surface area contributed by atoms with Crippen molar-refractivity contribution >= 4 is 54.9 Å². The average molecular weight is 682 g/mol. The van der Waals surface area contributed by atoms with Crippen LogP contribution >= 0.6 is 11.3 Å². The minimum atomic E-state index is -3.87. The number of rotatable bonds is 10. The number of fused-ring (bicyclic) bond motifs is 1. The van der Waals surface area contributed by atoms with Gasteiger partial charge in [-0.3, -0.25) is 4.79 Å². The topological polar surface area (TPSA) is 140 Å². The molecule has 1 aliphatic rings. The highest BCUT2D eigenvalue weighted by atomic mass is 32.2. The summed E-state index contributed by atoms with van der Waals surface area (Å²) in [6, 6.07) is 14.9. The van der Waals surface area contributed by atoms with Crippen molar-refractivity contribution in [3.05, 3.63) is 71.3 Å². The fraction of sp³-hybridized carbons (Fsp3) is 0.312. The first-order chi connectivity index (χ1) is 22.6. The summed E-state index contributed by atoms with van der Waals surface area (Å²) in [7, 11) is 0.646. The number of carbonyl (C=O) groups excluding carboxylic acids is 2. The van der Waals surface area contributed by atoms with Gasteiger partial charge in [-0.05, 0) is 67.9 Å². The van der Waals surface area contributed by atoms with Crippen molar-refractivity contribution < 1.29 is 37.0 Å². The van der Waals surface area contributed by atoms with E-state index in [2.05, 4.69) is 10.1 Å². The van der Waals surface area contributed by atoms with Crippen molar-refractivity contribution in [2.45, 2.75) is 18.7 Å². The van der Waals surface area contributed by atoms with Crippen molar-refractivity contribution in [3.63, 3.8) is 0 Å². The van der Waals surface area contributed by atoms with E-state index < -0.39 is 22.0 Å². The van der Waals surface area contributed by atoms with Gasteiger partial charge in [0.1, 0.15) is 0 Å². The molecule has 0 radical (unpaired) electrons. The van der Waals surface area contributed by atoms with Gasteiger partial charge < -0.3 is 23.8 Å². The third-order valence-corrected chi connectivity index (χ3v) is 10.3. The third-order valence-electron chi connectivity index (χ3n) is 7.42. The Morgan fingerprint density at radius 2 is 1.62 bits per heavy atom. The van der Waals surface area contributed by atoms with Gasteiger partial charge in [0, 0.05) is 37.3 Å². The molecule has 0 bridgehead atoms. The number of amides is 2. The molecule has 0 aliphatic carbocycles. The maximum Gasteiger partial charge on any atom is 0.409 e. The molecule has 13 nitrogen and oxygen atoms in total. The number of carbonyl (C=O) groups is 2. The van der Waals surface area contributed by atoms with Gasteiger partial charge in [-0.25, -0.2) is 18.2 Å². The molecule has 1 fully saturated rings. The Balaban J connectivity index is 1.44. The monoisotopic (exact) mass is 681 g/mol. The first kappa shape index (κ1) is 33.6. The lowest BCUT2D eigenvalue weighted by atomic mass is 10.2. The minimum absolute atomic E-state index is 0.0292. The van der Waals surface area contributed by atoms with Crippen LogP contribution in [-0.4, -0.2) is 94.9 Å². The molecular weight excluding hydrogens is 647 g/mol. The molecule has 0 atom stereocenters.